The summed E-state index contributed by atoms with van der Waals surface area (Å²) in [4.78, 5) is 54.0. The zero-order valence-electron chi connectivity index (χ0n) is 32.5. The van der Waals surface area contributed by atoms with Gasteiger partial charge < -0.3 is 29.7 Å². The Hall–Kier alpha value is -4.44. The second-order valence-electron chi connectivity index (χ2n) is 14.0. The van der Waals surface area contributed by atoms with Gasteiger partial charge in [-0.05, 0) is 85.3 Å². The van der Waals surface area contributed by atoms with Crippen molar-refractivity contribution in [2.75, 3.05) is 13.7 Å². The van der Waals surface area contributed by atoms with Crippen LogP contribution < -0.4 is 14.8 Å². The number of esters is 2. The Kier molecular flexibility index (Phi) is 21.1. The molecular weight excluding hydrogens is 724 g/mol. The first-order valence-electron chi connectivity index (χ1n) is 19.4. The third kappa shape index (κ3) is 17.6. The van der Waals surface area contributed by atoms with Crippen LogP contribution in [0.25, 0.3) is 6.08 Å². The van der Waals surface area contributed by atoms with Gasteiger partial charge in [-0.15, -0.1) is 0 Å². The Bertz CT molecular complexity index is 1580. The van der Waals surface area contributed by atoms with E-state index in [2.05, 4.69) is 17.1 Å². The van der Waals surface area contributed by atoms with E-state index >= 15 is 0 Å². The maximum atomic E-state index is 12.5. The van der Waals surface area contributed by atoms with Gasteiger partial charge in [-0.2, -0.15) is 0 Å². The Morgan fingerprint density at radius 2 is 1.55 bits per heavy atom. The first-order valence-corrected chi connectivity index (χ1v) is 19.4. The highest BCUT2D eigenvalue weighted by Gasteiger charge is 2.40. The normalized spacial score (nSPS) is 18.1. The molecule has 0 heterocycles. The zero-order chi connectivity index (χ0) is 40.7. The van der Waals surface area contributed by atoms with Gasteiger partial charge in [0.15, 0.2) is 11.5 Å². The average Bonchev–Trinajstić information content (AvgIpc) is 3.46. The molecule has 0 bridgehead atoms. The lowest BCUT2D eigenvalue weighted by Gasteiger charge is -2.22. The molecule has 1 saturated carbocycles. The lowest BCUT2D eigenvalue weighted by atomic mass is 9.86. The molecule has 0 spiro atoms. The first kappa shape index (κ1) is 45.9. The number of aliphatic hydroxyl groups is 2. The van der Waals surface area contributed by atoms with E-state index in [4.69, 9.17) is 24.6 Å². The van der Waals surface area contributed by atoms with E-state index in [1.54, 1.807) is 36.4 Å². The molecule has 0 unspecified atom stereocenters. The van der Waals surface area contributed by atoms with Crippen LogP contribution in [0.5, 0.6) is 11.5 Å². The SMILES string of the molecule is CCCCCCCC(=O)CC[C@@H]1[C@@H](C/C=C\CCCC(=O)NCC(=O)Oc2ccc(/C=C/C(=O)OCc3ccc(CON(O)O)cc3)cc2OC)[C@@H](O)C[C@H]1O. The number of rotatable bonds is 26. The van der Waals surface area contributed by atoms with Crippen LogP contribution in [-0.4, -0.2) is 75.5 Å². The molecule has 0 radical (unpaired) electrons. The van der Waals surface area contributed by atoms with Crippen molar-refractivity contribution < 1.29 is 58.9 Å². The van der Waals surface area contributed by atoms with Crippen LogP contribution in [0.15, 0.2) is 60.7 Å². The van der Waals surface area contributed by atoms with Crippen molar-refractivity contribution in [2.45, 2.75) is 116 Å². The van der Waals surface area contributed by atoms with E-state index in [-0.39, 0.29) is 66.6 Å². The Morgan fingerprint density at radius 3 is 2.27 bits per heavy atom. The molecular formula is C42H58N2O12. The summed E-state index contributed by atoms with van der Waals surface area (Å²) in [5, 5.41) is 40.5. The number of methoxy groups -OCH3 is 1. The van der Waals surface area contributed by atoms with E-state index in [9.17, 15) is 29.4 Å². The molecule has 1 amide bonds. The Balaban J connectivity index is 1.32. The second kappa shape index (κ2) is 25.7. The highest BCUT2D eigenvalue weighted by Crippen LogP contribution is 2.38. The minimum absolute atomic E-state index is 0.0201. The summed E-state index contributed by atoms with van der Waals surface area (Å²) in [5.41, 5.74) is 1.98. The number of ether oxygens (including phenoxy) is 3. The van der Waals surface area contributed by atoms with Gasteiger partial charge in [-0.1, -0.05) is 75.1 Å². The second-order valence-corrected chi connectivity index (χ2v) is 14.0. The third-order valence-electron chi connectivity index (χ3n) is 9.69. The number of nitrogens with one attached hydrogen (secondary N) is 1. The maximum Gasteiger partial charge on any atom is 0.331 e. The topological polar surface area (TPSA) is 201 Å². The number of hydrogen-bond donors (Lipinski definition) is 5. The van der Waals surface area contributed by atoms with E-state index in [0.717, 1.165) is 24.8 Å². The number of ketones is 1. The van der Waals surface area contributed by atoms with Gasteiger partial charge in [0.2, 0.25) is 5.91 Å². The molecule has 0 aliphatic heterocycles. The first-order chi connectivity index (χ1) is 27.0. The van der Waals surface area contributed by atoms with Crippen molar-refractivity contribution in [1.82, 2.24) is 10.7 Å². The number of Topliss-reactive ketones (excluding diaryl/α,β-unsaturated/α-hetero) is 1. The quantitative estimate of drug-likeness (QED) is 0.0181. The van der Waals surface area contributed by atoms with Crippen molar-refractivity contribution in [3.05, 3.63) is 77.4 Å². The summed E-state index contributed by atoms with van der Waals surface area (Å²) in [7, 11) is 1.41. The molecule has 4 atom stereocenters. The fraction of sp³-hybridized carbons (Fsp3) is 0.524. The van der Waals surface area contributed by atoms with E-state index < -0.39 is 24.1 Å². The van der Waals surface area contributed by atoms with E-state index in [1.165, 1.54) is 38.2 Å². The van der Waals surface area contributed by atoms with Crippen LogP contribution in [-0.2, 0) is 42.0 Å². The molecule has 2 aromatic carbocycles. The molecule has 1 aliphatic carbocycles. The fourth-order valence-corrected chi connectivity index (χ4v) is 6.56. The molecule has 0 saturated heterocycles. The summed E-state index contributed by atoms with van der Waals surface area (Å²) < 4.78 is 16.0. The number of amides is 1. The van der Waals surface area contributed by atoms with Crippen molar-refractivity contribution in [3.63, 3.8) is 0 Å². The van der Waals surface area contributed by atoms with E-state index in [1.807, 2.05) is 12.2 Å². The highest BCUT2D eigenvalue weighted by atomic mass is 17.1. The van der Waals surface area contributed by atoms with Crippen LogP contribution in [0.3, 0.4) is 0 Å². The average molecular weight is 783 g/mol. The van der Waals surface area contributed by atoms with Gasteiger partial charge in [0.05, 0.1) is 31.3 Å². The standard InChI is InChI=1S/C42H58N2O12/c1-3-4-5-6-9-12-33(45)21-22-35-34(36(46)26-37(35)47)13-10-7-8-11-14-40(48)43-27-42(50)56-38-23-19-30(25-39(38)53-2)20-24-41(49)54-28-31-15-17-32(18-16-31)29-55-44(51)52/h7,10,15-20,23-25,34-37,46-47,51-52H,3-6,8-9,11-14,21-22,26-29H2,1-2H3,(H,43,48)/b10-7-,24-20+/t34-,35-,36+,37-/m1/s1. The lowest BCUT2D eigenvalue weighted by Crippen LogP contribution is -2.31. The monoisotopic (exact) mass is 782 g/mol. The molecule has 14 nitrogen and oxygen atoms in total. The van der Waals surface area contributed by atoms with Crippen molar-refractivity contribution in [3.8, 4) is 11.5 Å². The molecule has 0 aromatic heterocycles. The van der Waals surface area contributed by atoms with Crippen LogP contribution in [0.1, 0.15) is 107 Å². The molecule has 5 N–H and O–H groups in total. The number of nitrogens with zero attached hydrogens (tertiary/aromatic N) is 1. The summed E-state index contributed by atoms with van der Waals surface area (Å²) in [6.45, 7) is 1.79. The van der Waals surface area contributed by atoms with Crippen LogP contribution in [0.2, 0.25) is 0 Å². The Morgan fingerprint density at radius 1 is 0.839 bits per heavy atom. The number of allylic oxidation sites excluding steroid dienone is 2. The summed E-state index contributed by atoms with van der Waals surface area (Å²) in [5.74, 6) is -1.19. The van der Waals surface area contributed by atoms with Crippen molar-refractivity contribution in [2.24, 2.45) is 11.8 Å². The van der Waals surface area contributed by atoms with E-state index in [0.29, 0.717) is 56.1 Å². The van der Waals surface area contributed by atoms with Gasteiger partial charge in [0.1, 0.15) is 18.9 Å². The lowest BCUT2D eigenvalue weighted by molar-refractivity contribution is -0.497. The zero-order valence-corrected chi connectivity index (χ0v) is 32.5. The predicted molar refractivity (Wildman–Crippen MR) is 206 cm³/mol. The van der Waals surface area contributed by atoms with Crippen LogP contribution in [0.4, 0.5) is 0 Å². The number of aliphatic hydroxyl groups excluding tert-OH is 2. The summed E-state index contributed by atoms with van der Waals surface area (Å²) in [6, 6.07) is 11.5. The number of carbonyl (C=O) groups excluding carboxylic acids is 4. The van der Waals surface area contributed by atoms with Gasteiger partial charge in [-0.25, -0.2) is 14.4 Å². The molecule has 14 heteroatoms. The summed E-state index contributed by atoms with van der Waals surface area (Å²) >= 11 is 0. The van der Waals surface area contributed by atoms with Gasteiger partial charge in [0.25, 0.3) is 0 Å². The van der Waals surface area contributed by atoms with Gasteiger partial charge in [0, 0.05) is 25.3 Å². The summed E-state index contributed by atoms with van der Waals surface area (Å²) in [6.07, 6.45) is 14.9. The van der Waals surface area contributed by atoms with Crippen molar-refractivity contribution in [1.29, 1.82) is 0 Å². The molecule has 1 aliphatic rings. The third-order valence-corrected chi connectivity index (χ3v) is 9.69. The molecule has 1 fully saturated rings. The number of carbonyl (C=O) groups is 4. The minimum atomic E-state index is -0.687. The minimum Gasteiger partial charge on any atom is -0.493 e. The number of unbranched alkanes of at least 4 members (excludes halogenated alkanes) is 5. The molecule has 56 heavy (non-hydrogen) atoms. The fourth-order valence-electron chi connectivity index (χ4n) is 6.56. The molecule has 308 valence electrons. The van der Waals surface area contributed by atoms with Gasteiger partial charge in [-0.3, -0.25) is 20.0 Å². The Labute approximate surface area is 329 Å². The number of hydrogen-bond acceptors (Lipinski definition) is 13. The number of benzene rings is 2. The largest absolute Gasteiger partial charge is 0.493 e. The smallest absolute Gasteiger partial charge is 0.331 e. The maximum absolute atomic E-state index is 12.5. The van der Waals surface area contributed by atoms with Crippen molar-refractivity contribution >= 4 is 29.7 Å². The predicted octanol–water partition coefficient (Wildman–Crippen LogP) is 6.17. The molecule has 3 rings (SSSR count). The molecule has 2 aromatic rings. The highest BCUT2D eigenvalue weighted by molar-refractivity contribution is 5.87. The van der Waals surface area contributed by atoms with Crippen LogP contribution >= 0.6 is 0 Å². The van der Waals surface area contributed by atoms with Crippen LogP contribution in [0, 0.1) is 11.8 Å². The van der Waals surface area contributed by atoms with Gasteiger partial charge >= 0.3 is 11.9 Å².